The first kappa shape index (κ1) is 24.2. The van der Waals surface area contributed by atoms with Crippen molar-refractivity contribution >= 4 is 21.8 Å². The third-order valence-electron chi connectivity index (χ3n) is 8.15. The molecule has 2 heterocycles. The maximum atomic E-state index is 2.36. The van der Waals surface area contributed by atoms with E-state index in [1.54, 1.807) is 0 Å². The lowest BCUT2D eigenvalue weighted by atomic mass is 10.0. The summed E-state index contributed by atoms with van der Waals surface area (Å²) in [4.78, 5) is 0. The average Bonchev–Trinajstić information content (AvgIpc) is 3.65. The van der Waals surface area contributed by atoms with Crippen LogP contribution in [-0.2, 0) is 0 Å². The van der Waals surface area contributed by atoms with Gasteiger partial charge in [-0.2, -0.15) is 0 Å². The van der Waals surface area contributed by atoms with Crippen LogP contribution < -0.4 is 0 Å². The molecule has 2 aromatic heterocycles. The summed E-state index contributed by atoms with van der Waals surface area (Å²) < 4.78 is 4.72. The Bertz CT molecular complexity index is 1990. The van der Waals surface area contributed by atoms with E-state index in [-0.39, 0.29) is 0 Å². The Labute approximate surface area is 245 Å². The monoisotopic (exact) mass is 536 g/mol. The van der Waals surface area contributed by atoms with Crippen molar-refractivity contribution in [2.24, 2.45) is 0 Å². The molecular weight excluding hydrogens is 508 g/mol. The molecule has 0 aliphatic rings. The van der Waals surface area contributed by atoms with Gasteiger partial charge in [-0.1, -0.05) is 121 Å². The normalized spacial score (nSPS) is 11.3. The summed E-state index contributed by atoms with van der Waals surface area (Å²) in [7, 11) is 0. The van der Waals surface area contributed by atoms with Gasteiger partial charge in [0, 0.05) is 22.1 Å². The second-order valence-electron chi connectivity index (χ2n) is 10.7. The van der Waals surface area contributed by atoms with Crippen LogP contribution in [0.5, 0.6) is 0 Å². The van der Waals surface area contributed by atoms with Gasteiger partial charge in [-0.25, -0.2) is 0 Å². The van der Waals surface area contributed by atoms with Gasteiger partial charge in [0.15, 0.2) is 0 Å². The Balaban J connectivity index is 1.17. The average molecular weight is 537 g/mol. The predicted molar refractivity (Wildman–Crippen MR) is 176 cm³/mol. The van der Waals surface area contributed by atoms with Crippen molar-refractivity contribution in [3.63, 3.8) is 0 Å². The molecule has 2 heteroatoms. The number of rotatable bonds is 5. The zero-order valence-corrected chi connectivity index (χ0v) is 23.1. The van der Waals surface area contributed by atoms with Gasteiger partial charge in [0.25, 0.3) is 0 Å². The SMILES string of the molecule is c1ccc(-c2cc3ccccc3n2-c2ccc(-c3ccc(-n4c(-c5ccccc5)cc5ccccc54)cc3)cc2)cc1. The molecule has 8 rings (SSSR count). The predicted octanol–water partition coefficient (Wildman–Crippen LogP) is 10.6. The third-order valence-corrected chi connectivity index (χ3v) is 8.15. The van der Waals surface area contributed by atoms with Gasteiger partial charge in [0.1, 0.15) is 0 Å². The molecule has 198 valence electrons. The van der Waals surface area contributed by atoms with E-state index in [4.69, 9.17) is 0 Å². The van der Waals surface area contributed by atoms with Crippen LogP contribution in [0.1, 0.15) is 0 Å². The number of benzene rings is 6. The summed E-state index contributed by atoms with van der Waals surface area (Å²) >= 11 is 0. The summed E-state index contributed by atoms with van der Waals surface area (Å²) in [6.07, 6.45) is 0. The van der Waals surface area contributed by atoms with Crippen molar-refractivity contribution in [2.45, 2.75) is 0 Å². The lowest BCUT2D eigenvalue weighted by molar-refractivity contribution is 1.13. The molecule has 0 N–H and O–H groups in total. The number of hydrogen-bond donors (Lipinski definition) is 0. The summed E-state index contributed by atoms with van der Waals surface area (Å²) in [6.45, 7) is 0. The van der Waals surface area contributed by atoms with E-state index in [1.807, 2.05) is 0 Å². The Hall–Kier alpha value is -5.60. The van der Waals surface area contributed by atoms with Gasteiger partial charge in [-0.3, -0.25) is 0 Å². The summed E-state index contributed by atoms with van der Waals surface area (Å²) in [6, 6.07) is 60.9. The zero-order valence-electron chi connectivity index (χ0n) is 23.1. The quantitative estimate of drug-likeness (QED) is 0.207. The van der Waals surface area contributed by atoms with Crippen LogP contribution >= 0.6 is 0 Å². The summed E-state index contributed by atoms with van der Waals surface area (Å²) in [5, 5.41) is 2.48. The second-order valence-corrected chi connectivity index (χ2v) is 10.7. The largest absolute Gasteiger partial charge is 0.309 e. The number of fused-ring (bicyclic) bond motifs is 2. The molecule has 6 aromatic carbocycles. The minimum atomic E-state index is 1.15. The van der Waals surface area contributed by atoms with Crippen LogP contribution in [0, 0.1) is 0 Å². The maximum Gasteiger partial charge on any atom is 0.0540 e. The fraction of sp³-hybridized carbons (Fsp3) is 0. The molecule has 0 unspecified atom stereocenters. The smallest absolute Gasteiger partial charge is 0.0540 e. The lowest BCUT2D eigenvalue weighted by Crippen LogP contribution is -1.97. The Morgan fingerprint density at radius 2 is 0.643 bits per heavy atom. The Morgan fingerprint density at radius 1 is 0.286 bits per heavy atom. The van der Waals surface area contributed by atoms with Crippen LogP contribution in [0.15, 0.2) is 170 Å². The highest BCUT2D eigenvalue weighted by atomic mass is 15.0. The van der Waals surface area contributed by atoms with Crippen molar-refractivity contribution in [3.8, 4) is 45.0 Å². The van der Waals surface area contributed by atoms with Gasteiger partial charge < -0.3 is 9.13 Å². The van der Waals surface area contributed by atoms with Crippen molar-refractivity contribution in [3.05, 3.63) is 170 Å². The van der Waals surface area contributed by atoms with Gasteiger partial charge in [0.05, 0.1) is 22.4 Å². The van der Waals surface area contributed by atoms with E-state index in [2.05, 4.69) is 179 Å². The van der Waals surface area contributed by atoms with Crippen LogP contribution in [0.2, 0.25) is 0 Å². The van der Waals surface area contributed by atoms with Gasteiger partial charge >= 0.3 is 0 Å². The van der Waals surface area contributed by atoms with Gasteiger partial charge in [0.2, 0.25) is 0 Å². The van der Waals surface area contributed by atoms with Crippen molar-refractivity contribution in [2.75, 3.05) is 0 Å². The minimum absolute atomic E-state index is 1.15. The van der Waals surface area contributed by atoms with Crippen LogP contribution in [-0.4, -0.2) is 9.13 Å². The highest BCUT2D eigenvalue weighted by molar-refractivity contribution is 5.90. The summed E-state index contributed by atoms with van der Waals surface area (Å²) in [5.74, 6) is 0. The molecule has 2 nitrogen and oxygen atoms in total. The van der Waals surface area contributed by atoms with E-state index in [9.17, 15) is 0 Å². The third kappa shape index (κ3) is 4.13. The summed E-state index contributed by atoms with van der Waals surface area (Å²) in [5.41, 5.74) is 11.9. The molecule has 42 heavy (non-hydrogen) atoms. The molecule has 8 aromatic rings. The van der Waals surface area contributed by atoms with Crippen LogP contribution in [0.3, 0.4) is 0 Å². The van der Waals surface area contributed by atoms with Gasteiger partial charge in [-0.15, -0.1) is 0 Å². The molecule has 0 atom stereocenters. The fourth-order valence-electron chi connectivity index (χ4n) is 6.11. The standard InChI is InChI=1S/C40H28N2/c1-3-11-31(12-4-1)39-27-33-15-7-9-17-37(33)41(39)35-23-19-29(20-24-35)30-21-25-36(26-22-30)42-38-18-10-8-16-34(38)28-40(42)32-13-5-2-6-14-32/h1-28H. The first-order valence-electron chi connectivity index (χ1n) is 14.4. The molecule has 0 radical (unpaired) electrons. The molecule has 0 fully saturated rings. The van der Waals surface area contributed by atoms with Crippen LogP contribution in [0.4, 0.5) is 0 Å². The lowest BCUT2D eigenvalue weighted by Gasteiger charge is -2.14. The molecular formula is C40H28N2. The molecule has 0 amide bonds. The van der Waals surface area contributed by atoms with Crippen molar-refractivity contribution in [1.29, 1.82) is 0 Å². The highest BCUT2D eigenvalue weighted by Crippen LogP contribution is 2.34. The van der Waals surface area contributed by atoms with E-state index in [1.165, 1.54) is 55.4 Å². The Kier molecular flexibility index (Phi) is 5.82. The first-order chi connectivity index (χ1) is 20.8. The van der Waals surface area contributed by atoms with Crippen molar-refractivity contribution in [1.82, 2.24) is 9.13 Å². The second kappa shape index (κ2) is 10.1. The van der Waals surface area contributed by atoms with E-state index >= 15 is 0 Å². The van der Waals surface area contributed by atoms with Crippen LogP contribution in [0.25, 0.3) is 66.8 Å². The number of hydrogen-bond acceptors (Lipinski definition) is 0. The van der Waals surface area contributed by atoms with E-state index in [0.717, 1.165) is 11.4 Å². The molecule has 0 saturated carbocycles. The maximum absolute atomic E-state index is 2.36. The van der Waals surface area contributed by atoms with E-state index in [0.29, 0.717) is 0 Å². The zero-order chi connectivity index (χ0) is 27.9. The minimum Gasteiger partial charge on any atom is -0.309 e. The number of para-hydroxylation sites is 2. The molecule has 0 saturated heterocycles. The van der Waals surface area contributed by atoms with Crippen molar-refractivity contribution < 1.29 is 0 Å². The molecule has 0 bridgehead atoms. The molecule has 0 aliphatic carbocycles. The van der Waals surface area contributed by atoms with Gasteiger partial charge in [-0.05, 0) is 70.8 Å². The fourth-order valence-corrected chi connectivity index (χ4v) is 6.11. The van der Waals surface area contributed by atoms with E-state index < -0.39 is 0 Å². The Morgan fingerprint density at radius 3 is 1.05 bits per heavy atom. The molecule has 0 aliphatic heterocycles. The highest BCUT2D eigenvalue weighted by Gasteiger charge is 2.14. The number of nitrogens with zero attached hydrogens (tertiary/aromatic N) is 2. The molecule has 0 spiro atoms. The first-order valence-corrected chi connectivity index (χ1v) is 14.4. The number of aromatic nitrogens is 2. The topological polar surface area (TPSA) is 9.86 Å².